The van der Waals surface area contributed by atoms with E-state index in [1.165, 1.54) is 6.20 Å². The molecule has 2 N–H and O–H groups in total. The fourth-order valence-corrected chi connectivity index (χ4v) is 2.22. The van der Waals surface area contributed by atoms with Crippen molar-refractivity contribution in [3.05, 3.63) is 48.5 Å². The minimum atomic E-state index is -1.03. The van der Waals surface area contributed by atoms with Gasteiger partial charge in [0.15, 0.2) is 5.82 Å². The molecule has 0 atom stereocenters. The maximum atomic E-state index is 11.3. The van der Waals surface area contributed by atoms with Gasteiger partial charge in [-0.25, -0.2) is 14.5 Å². The molecular weight excluding hydrogens is 331 g/mol. The van der Waals surface area contributed by atoms with Gasteiger partial charge < -0.3 is 11.8 Å². The van der Waals surface area contributed by atoms with Crippen LogP contribution in [0.5, 0.6) is 0 Å². The third kappa shape index (κ3) is 4.41. The van der Waals surface area contributed by atoms with Gasteiger partial charge in [-0.1, -0.05) is 0 Å². The molecule has 0 spiro atoms. The fourth-order valence-electron chi connectivity index (χ4n) is 2.22. The van der Waals surface area contributed by atoms with E-state index in [0.29, 0.717) is 11.5 Å². The molecule has 3 rings (SSSR count). The molecule has 0 bridgehead atoms. The first-order valence-corrected chi connectivity index (χ1v) is 7.37. The molecule has 3 heterocycles. The quantitative estimate of drug-likeness (QED) is 0.591. The van der Waals surface area contributed by atoms with Gasteiger partial charge in [0.1, 0.15) is 5.56 Å². The van der Waals surface area contributed by atoms with Crippen LogP contribution in [0, 0.1) is 0 Å². The largest absolute Gasteiger partial charge is 1.00 e. The predicted molar refractivity (Wildman–Crippen MR) is 89.2 cm³/mol. The first-order chi connectivity index (χ1) is 11.5. The van der Waals surface area contributed by atoms with E-state index in [1.54, 1.807) is 29.3 Å². The van der Waals surface area contributed by atoms with E-state index in [1.807, 2.05) is 26.0 Å². The van der Waals surface area contributed by atoms with Crippen molar-refractivity contribution < 1.29 is 40.9 Å². The zero-order valence-electron chi connectivity index (χ0n) is 15.2. The van der Waals surface area contributed by atoms with E-state index in [-0.39, 0.29) is 42.6 Å². The average Bonchev–Trinajstić information content (AvgIpc) is 3.05. The molecule has 0 amide bonds. The van der Waals surface area contributed by atoms with Crippen molar-refractivity contribution in [3.63, 3.8) is 0 Å². The summed E-state index contributed by atoms with van der Waals surface area (Å²) in [4.78, 5) is 15.5. The Balaban J connectivity index is 0.00000169. The first kappa shape index (κ1) is 19.0. The Morgan fingerprint density at radius 3 is 2.72 bits per heavy atom. The van der Waals surface area contributed by atoms with Crippen LogP contribution in [0.15, 0.2) is 43.0 Å². The summed E-state index contributed by atoms with van der Waals surface area (Å²) in [7, 11) is 0. The Kier molecular flexibility index (Phi) is 6.24. The second-order valence-corrected chi connectivity index (χ2v) is 5.47. The van der Waals surface area contributed by atoms with Crippen LogP contribution >= 0.6 is 0 Å². The summed E-state index contributed by atoms with van der Waals surface area (Å²) in [5.74, 6) is -0.502. The van der Waals surface area contributed by atoms with E-state index in [4.69, 9.17) is 0 Å². The Bertz CT molecular complexity index is 872. The van der Waals surface area contributed by atoms with Crippen LogP contribution in [0.2, 0.25) is 0 Å². The second-order valence-electron chi connectivity index (χ2n) is 5.47. The number of pyridine rings is 1. The fraction of sp³-hybridized carbons (Fsp3) is 0.188. The van der Waals surface area contributed by atoms with Gasteiger partial charge in [0.2, 0.25) is 0 Å². The normalized spacial score (nSPS) is 10.4. The zero-order chi connectivity index (χ0) is 17.1. The smallest absolute Gasteiger partial charge is 1.00 e. The van der Waals surface area contributed by atoms with Gasteiger partial charge in [-0.3, -0.25) is 0 Å². The molecule has 0 aliphatic rings. The Morgan fingerprint density at radius 1 is 1.28 bits per heavy atom. The maximum absolute atomic E-state index is 11.3. The maximum Gasteiger partial charge on any atom is 1.00 e. The molecule has 3 aromatic rings. The standard InChI is InChI=1S/C16H16N6O2.Na.H/c1-10(2)20-14-7-15(17-9-12(14)16(23)24)22-6-4-13(21-22)11-3-5-18-19-8-11;;/h3-10H,1-2H3,(H,17,20)(H,23,24);;/q;+1;-1. The van der Waals surface area contributed by atoms with Gasteiger partial charge >= 0.3 is 35.5 Å². The van der Waals surface area contributed by atoms with E-state index in [9.17, 15) is 9.90 Å². The van der Waals surface area contributed by atoms with E-state index < -0.39 is 5.97 Å². The molecule has 25 heavy (non-hydrogen) atoms. The van der Waals surface area contributed by atoms with Gasteiger partial charge in [0.25, 0.3) is 0 Å². The van der Waals surface area contributed by atoms with Crippen molar-refractivity contribution in [2.75, 3.05) is 5.32 Å². The second kappa shape index (κ2) is 8.19. The number of hydrogen-bond donors (Lipinski definition) is 2. The summed E-state index contributed by atoms with van der Waals surface area (Å²) in [5.41, 5.74) is 2.20. The molecule has 0 unspecified atom stereocenters. The molecule has 3 aromatic heterocycles. The first-order valence-electron chi connectivity index (χ1n) is 7.37. The van der Waals surface area contributed by atoms with Crippen molar-refractivity contribution in [3.8, 4) is 17.1 Å². The van der Waals surface area contributed by atoms with Crippen LogP contribution in [-0.2, 0) is 0 Å². The number of carboxylic acids is 1. The predicted octanol–water partition coefficient (Wildman–Crippen LogP) is -0.641. The van der Waals surface area contributed by atoms with Crippen LogP contribution in [0.3, 0.4) is 0 Å². The molecule has 0 saturated heterocycles. The average molecular weight is 348 g/mol. The summed E-state index contributed by atoms with van der Waals surface area (Å²) < 4.78 is 1.59. The molecular formula is C16H17N6NaO2. The zero-order valence-corrected chi connectivity index (χ0v) is 16.2. The minimum Gasteiger partial charge on any atom is -1.00 e. The van der Waals surface area contributed by atoms with Gasteiger partial charge in [0, 0.05) is 30.1 Å². The van der Waals surface area contributed by atoms with Crippen LogP contribution in [-0.4, -0.2) is 42.1 Å². The summed E-state index contributed by atoms with van der Waals surface area (Å²) in [6.45, 7) is 3.88. The summed E-state index contributed by atoms with van der Waals surface area (Å²) in [6, 6.07) is 5.41. The van der Waals surface area contributed by atoms with Crippen LogP contribution in [0.25, 0.3) is 17.1 Å². The van der Waals surface area contributed by atoms with Crippen molar-refractivity contribution in [1.29, 1.82) is 0 Å². The molecule has 0 aliphatic heterocycles. The summed E-state index contributed by atoms with van der Waals surface area (Å²) >= 11 is 0. The van der Waals surface area contributed by atoms with Crippen LogP contribution < -0.4 is 34.9 Å². The number of anilines is 1. The van der Waals surface area contributed by atoms with Crippen molar-refractivity contribution >= 4 is 11.7 Å². The number of hydrogen-bond acceptors (Lipinski definition) is 6. The Hall–Kier alpha value is -2.29. The van der Waals surface area contributed by atoms with Gasteiger partial charge in [-0.15, -0.1) is 0 Å². The van der Waals surface area contributed by atoms with Crippen molar-refractivity contribution in [2.24, 2.45) is 0 Å². The third-order valence-corrected chi connectivity index (χ3v) is 3.27. The molecule has 0 radical (unpaired) electrons. The van der Waals surface area contributed by atoms with Crippen LogP contribution in [0.4, 0.5) is 5.69 Å². The number of rotatable bonds is 5. The molecule has 0 aromatic carbocycles. The Morgan fingerprint density at radius 2 is 2.08 bits per heavy atom. The molecule has 8 nitrogen and oxygen atoms in total. The number of aromatic carboxylic acids is 1. The SMILES string of the molecule is CC(C)Nc1cc(-n2ccc(-c3ccnnc3)n2)ncc1C(=O)O.[H-].[Na+]. The molecule has 124 valence electrons. The Labute approximate surface area is 168 Å². The van der Waals surface area contributed by atoms with Crippen molar-refractivity contribution in [2.45, 2.75) is 19.9 Å². The number of carbonyl (C=O) groups is 1. The molecule has 0 aliphatic carbocycles. The number of nitrogens with one attached hydrogen (secondary N) is 1. The monoisotopic (exact) mass is 348 g/mol. The summed E-state index contributed by atoms with van der Waals surface area (Å²) in [5, 5.41) is 24.4. The van der Waals surface area contributed by atoms with Gasteiger partial charge in [0.05, 0.1) is 23.8 Å². The molecule has 0 fully saturated rings. The van der Waals surface area contributed by atoms with Crippen molar-refractivity contribution in [1.82, 2.24) is 25.0 Å². The van der Waals surface area contributed by atoms with E-state index in [2.05, 4.69) is 25.6 Å². The van der Waals surface area contributed by atoms with Crippen LogP contribution in [0.1, 0.15) is 25.6 Å². The van der Waals surface area contributed by atoms with E-state index in [0.717, 1.165) is 11.3 Å². The van der Waals surface area contributed by atoms with Gasteiger partial charge in [-0.05, 0) is 26.0 Å². The third-order valence-electron chi connectivity index (χ3n) is 3.27. The summed E-state index contributed by atoms with van der Waals surface area (Å²) in [6.07, 6.45) is 6.31. The van der Waals surface area contributed by atoms with Gasteiger partial charge in [-0.2, -0.15) is 15.3 Å². The number of carboxylic acid groups (broad SMARTS) is 1. The minimum absolute atomic E-state index is 0. The molecule has 0 saturated carbocycles. The van der Waals surface area contributed by atoms with E-state index >= 15 is 0 Å². The molecule has 9 heteroatoms. The number of aromatic nitrogens is 5. The number of nitrogens with zero attached hydrogens (tertiary/aromatic N) is 5. The topological polar surface area (TPSA) is 106 Å².